The van der Waals surface area contributed by atoms with E-state index in [1.165, 1.54) is 12.8 Å². The molecule has 0 saturated heterocycles. The lowest BCUT2D eigenvalue weighted by Crippen LogP contribution is -1.81. The van der Waals surface area contributed by atoms with Gasteiger partial charge >= 0.3 is 6.16 Å². The predicted octanol–water partition coefficient (Wildman–Crippen LogP) is 1.64. The van der Waals surface area contributed by atoms with E-state index < -0.39 is 6.16 Å². The summed E-state index contributed by atoms with van der Waals surface area (Å²) in [5, 5.41) is 13.9. The van der Waals surface area contributed by atoms with Crippen LogP contribution >= 0.6 is 0 Å². The van der Waals surface area contributed by atoms with Crippen molar-refractivity contribution < 1.29 is 15.0 Å². The molecule has 0 aliphatic heterocycles. The van der Waals surface area contributed by atoms with E-state index in [9.17, 15) is 0 Å². The fourth-order valence-electron chi connectivity index (χ4n) is 0.167. The van der Waals surface area contributed by atoms with Gasteiger partial charge < -0.3 is 10.2 Å². The molecule has 1 saturated carbocycles. The Kier molecular flexibility index (Phi) is 2.99. The van der Waals surface area contributed by atoms with E-state index in [0.29, 0.717) is 0 Å². The third kappa shape index (κ3) is 18.6. The zero-order chi connectivity index (χ0) is 6.57. The average molecular weight is 118 g/mol. The van der Waals surface area contributed by atoms with Gasteiger partial charge in [-0.25, -0.2) is 4.79 Å². The van der Waals surface area contributed by atoms with Crippen molar-refractivity contribution >= 4 is 6.16 Å². The lowest BCUT2D eigenvalue weighted by molar-refractivity contribution is 0.137. The maximum atomic E-state index is 8.56. The molecule has 8 heavy (non-hydrogen) atoms. The molecule has 1 aliphatic rings. The molecule has 0 bridgehead atoms. The van der Waals surface area contributed by atoms with E-state index in [-0.39, 0.29) is 0 Å². The summed E-state index contributed by atoms with van der Waals surface area (Å²) in [6.45, 7) is 2.28. The van der Waals surface area contributed by atoms with Crippen LogP contribution in [0.4, 0.5) is 4.79 Å². The van der Waals surface area contributed by atoms with Gasteiger partial charge in [-0.3, -0.25) is 0 Å². The lowest BCUT2D eigenvalue weighted by Gasteiger charge is -1.60. The van der Waals surface area contributed by atoms with Gasteiger partial charge in [0.05, 0.1) is 0 Å². The van der Waals surface area contributed by atoms with Gasteiger partial charge in [-0.2, -0.15) is 0 Å². The van der Waals surface area contributed by atoms with Crippen LogP contribution in [0.1, 0.15) is 19.8 Å². The summed E-state index contributed by atoms with van der Waals surface area (Å²) < 4.78 is 0. The number of hydrogen-bond donors (Lipinski definition) is 2. The Labute approximate surface area is 47.9 Å². The number of carbonyl (C=O) groups is 1. The largest absolute Gasteiger partial charge is 0.503 e. The highest BCUT2D eigenvalue weighted by atomic mass is 16.6. The van der Waals surface area contributed by atoms with Crippen molar-refractivity contribution in [2.45, 2.75) is 19.8 Å². The summed E-state index contributed by atoms with van der Waals surface area (Å²) in [5.74, 6) is 1.08. The summed E-state index contributed by atoms with van der Waals surface area (Å²) in [5.41, 5.74) is 0. The third-order valence-electron chi connectivity index (χ3n) is 0.866. The van der Waals surface area contributed by atoms with E-state index >= 15 is 0 Å². The lowest BCUT2D eigenvalue weighted by atomic mass is 10.5. The van der Waals surface area contributed by atoms with Crippen molar-refractivity contribution in [3.05, 3.63) is 0 Å². The number of hydrogen-bond acceptors (Lipinski definition) is 1. The van der Waals surface area contributed by atoms with Crippen molar-refractivity contribution in [2.75, 3.05) is 0 Å². The number of carboxylic acid groups (broad SMARTS) is 2. The smallest absolute Gasteiger partial charge is 0.450 e. The molecule has 0 amide bonds. The molecule has 0 atom stereocenters. The van der Waals surface area contributed by atoms with Gasteiger partial charge in [0.25, 0.3) is 0 Å². The molecule has 0 aromatic carbocycles. The molecule has 2 N–H and O–H groups in total. The van der Waals surface area contributed by atoms with Gasteiger partial charge in [-0.15, -0.1) is 0 Å². The highest BCUT2D eigenvalue weighted by Crippen LogP contribution is 2.26. The fraction of sp³-hybridized carbons (Fsp3) is 0.800. The SMILES string of the molecule is CC1CC1.O=C(O)O. The first kappa shape index (κ1) is 7.27. The minimum Gasteiger partial charge on any atom is -0.450 e. The van der Waals surface area contributed by atoms with Crippen LogP contribution in [-0.4, -0.2) is 16.4 Å². The molecule has 1 fully saturated rings. The highest BCUT2D eigenvalue weighted by molar-refractivity contribution is 5.53. The highest BCUT2D eigenvalue weighted by Gasteiger charge is 2.12. The zero-order valence-electron chi connectivity index (χ0n) is 4.79. The Morgan fingerprint density at radius 1 is 1.50 bits per heavy atom. The minimum absolute atomic E-state index is 1.08. The Morgan fingerprint density at radius 2 is 1.62 bits per heavy atom. The second kappa shape index (κ2) is 3.29. The Balaban J connectivity index is 0.000000122. The molecule has 0 radical (unpaired) electrons. The maximum Gasteiger partial charge on any atom is 0.503 e. The molecule has 48 valence electrons. The first-order valence-corrected chi connectivity index (χ1v) is 2.55. The number of rotatable bonds is 0. The molecule has 1 rings (SSSR count). The van der Waals surface area contributed by atoms with Crippen molar-refractivity contribution in [2.24, 2.45) is 5.92 Å². The Morgan fingerprint density at radius 3 is 1.62 bits per heavy atom. The zero-order valence-corrected chi connectivity index (χ0v) is 4.79. The summed E-state index contributed by atoms with van der Waals surface area (Å²) in [6.07, 6.45) is 1.14. The molecular weight excluding hydrogens is 108 g/mol. The van der Waals surface area contributed by atoms with Crippen molar-refractivity contribution in [3.63, 3.8) is 0 Å². The van der Waals surface area contributed by atoms with E-state index in [1.54, 1.807) is 0 Å². The fourth-order valence-corrected chi connectivity index (χ4v) is 0.167. The van der Waals surface area contributed by atoms with E-state index in [1.807, 2.05) is 0 Å². The van der Waals surface area contributed by atoms with Crippen LogP contribution in [0.25, 0.3) is 0 Å². The van der Waals surface area contributed by atoms with Crippen molar-refractivity contribution in [3.8, 4) is 0 Å². The average Bonchev–Trinajstić information content (AvgIpc) is 2.19. The molecule has 0 heterocycles. The summed E-state index contributed by atoms with van der Waals surface area (Å²) >= 11 is 0. The summed E-state index contributed by atoms with van der Waals surface area (Å²) in [4.78, 5) is 8.56. The van der Waals surface area contributed by atoms with Gasteiger partial charge in [-0.05, 0) is 5.92 Å². The maximum absolute atomic E-state index is 8.56. The van der Waals surface area contributed by atoms with Crippen LogP contribution in [-0.2, 0) is 0 Å². The first-order chi connectivity index (χ1) is 3.63. The summed E-state index contributed by atoms with van der Waals surface area (Å²) in [7, 11) is 0. The molecule has 1 aliphatic carbocycles. The molecule has 0 aromatic heterocycles. The van der Waals surface area contributed by atoms with Crippen LogP contribution in [0.5, 0.6) is 0 Å². The minimum atomic E-state index is -1.83. The Bertz CT molecular complexity index is 71.7. The van der Waals surface area contributed by atoms with Crippen LogP contribution < -0.4 is 0 Å². The van der Waals surface area contributed by atoms with Gasteiger partial charge in [0.2, 0.25) is 0 Å². The first-order valence-electron chi connectivity index (χ1n) is 2.55. The second-order valence-electron chi connectivity index (χ2n) is 1.97. The molecule has 0 spiro atoms. The molecule has 3 heteroatoms. The standard InChI is InChI=1S/C4H8.CH2O3/c1-4-2-3-4;2-1(3)4/h4H,2-3H2,1H3;(H2,2,3,4). The van der Waals surface area contributed by atoms with Crippen LogP contribution in [0.15, 0.2) is 0 Å². The van der Waals surface area contributed by atoms with Gasteiger partial charge in [0, 0.05) is 0 Å². The molecule has 0 aromatic rings. The van der Waals surface area contributed by atoms with E-state index in [2.05, 4.69) is 6.92 Å². The Hall–Kier alpha value is -0.730. The third-order valence-corrected chi connectivity index (χ3v) is 0.866. The normalized spacial score (nSPS) is 16.1. The van der Waals surface area contributed by atoms with E-state index in [0.717, 1.165) is 5.92 Å². The van der Waals surface area contributed by atoms with E-state index in [4.69, 9.17) is 15.0 Å². The van der Waals surface area contributed by atoms with Crippen LogP contribution in [0.2, 0.25) is 0 Å². The molecule has 3 nitrogen and oxygen atoms in total. The van der Waals surface area contributed by atoms with Gasteiger partial charge in [-0.1, -0.05) is 19.8 Å². The van der Waals surface area contributed by atoms with Gasteiger partial charge in [0.15, 0.2) is 0 Å². The van der Waals surface area contributed by atoms with Crippen molar-refractivity contribution in [1.82, 2.24) is 0 Å². The monoisotopic (exact) mass is 118 g/mol. The topological polar surface area (TPSA) is 57.5 Å². The molecular formula is C5H10O3. The van der Waals surface area contributed by atoms with Crippen molar-refractivity contribution in [1.29, 1.82) is 0 Å². The van der Waals surface area contributed by atoms with Crippen LogP contribution in [0.3, 0.4) is 0 Å². The summed E-state index contributed by atoms with van der Waals surface area (Å²) in [6, 6.07) is 0. The predicted molar refractivity (Wildman–Crippen MR) is 29.1 cm³/mol. The molecule has 0 unspecified atom stereocenters. The second-order valence-corrected chi connectivity index (χ2v) is 1.97. The van der Waals surface area contributed by atoms with Crippen LogP contribution in [0, 0.1) is 5.92 Å². The quantitative estimate of drug-likeness (QED) is 0.508. The van der Waals surface area contributed by atoms with Gasteiger partial charge in [0.1, 0.15) is 0 Å².